The average Bonchev–Trinajstić information content (AvgIpc) is 1.82. The lowest BCUT2D eigenvalue weighted by atomic mass is 10.5. The summed E-state index contributed by atoms with van der Waals surface area (Å²) in [6.07, 6.45) is 0. The van der Waals surface area contributed by atoms with Crippen LogP contribution in [0.5, 0.6) is 0 Å². The van der Waals surface area contributed by atoms with E-state index in [1.807, 2.05) is 6.07 Å². The first-order valence-electron chi connectivity index (χ1n) is 2.92. The monoisotopic (exact) mass is 113 g/mol. The first-order valence-corrected chi connectivity index (χ1v) is 1.92. The fraction of sp³-hybridized carbons (Fsp3) is 0. The van der Waals surface area contributed by atoms with Crippen molar-refractivity contribution in [3.63, 3.8) is 0 Å². The molecule has 1 rings (SSSR count). The van der Waals surface area contributed by atoms with Gasteiger partial charge in [-0.1, -0.05) is 0 Å². The summed E-state index contributed by atoms with van der Waals surface area (Å²) in [5.74, 6) is -1.22. The Morgan fingerprint density at radius 1 is 2.00 bits per heavy atom. The lowest BCUT2D eigenvalue weighted by Gasteiger charge is -1.86. The maximum atomic E-state index is 12.2. The Kier molecular flexibility index (Phi) is 0.670. The molecule has 1 radical (unpaired) electrons. The summed E-state index contributed by atoms with van der Waals surface area (Å²) in [4.78, 5) is 3.08. The molecule has 3 heteroatoms. The van der Waals surface area contributed by atoms with E-state index in [9.17, 15) is 4.39 Å². The molecule has 1 aromatic heterocycles. The van der Waals surface area contributed by atoms with Crippen LogP contribution in [0.1, 0.15) is 2.74 Å². The third-order valence-corrected chi connectivity index (χ3v) is 0.575. The third-order valence-electron chi connectivity index (χ3n) is 0.575. The highest BCUT2D eigenvalue weighted by Crippen LogP contribution is 1.95. The molecule has 8 heavy (non-hydrogen) atoms. The van der Waals surface area contributed by atoms with Gasteiger partial charge in [0.2, 0.25) is 5.95 Å². The molecule has 41 valence electrons. The number of nitrogen functional groups attached to an aromatic ring is 1. The van der Waals surface area contributed by atoms with Crippen molar-refractivity contribution in [1.29, 1.82) is 0 Å². The maximum Gasteiger partial charge on any atom is 0.222 e. The molecule has 0 saturated heterocycles. The number of hydrogen-bond acceptors (Lipinski definition) is 2. The van der Waals surface area contributed by atoms with Crippen LogP contribution in [0.4, 0.5) is 10.2 Å². The molecular weight excluding hydrogens is 107 g/mol. The molecular formula is C5H4FN2. The number of halogens is 1. The standard InChI is InChI=1S/C5H4FN2/c6-4-2-1-3-5(7)8-4/h1,3H,(H2,7,8)/i1D,3D. The number of nitrogens with zero attached hydrogens (tertiary/aromatic N) is 1. The summed E-state index contributed by atoms with van der Waals surface area (Å²) in [5.41, 5.74) is 5.04. The molecule has 1 aromatic rings. The number of rotatable bonds is 0. The van der Waals surface area contributed by atoms with Gasteiger partial charge in [0.05, 0.1) is 2.74 Å². The molecule has 2 N–H and O–H groups in total. The topological polar surface area (TPSA) is 38.9 Å². The Morgan fingerprint density at radius 3 is 3.38 bits per heavy atom. The number of aromatic nitrogens is 1. The Balaban J connectivity index is 3.31. The number of nitrogens with two attached hydrogens (primary N) is 1. The Bertz CT molecular complexity index is 241. The summed E-state index contributed by atoms with van der Waals surface area (Å²) in [6, 6.07) is 1.24. The zero-order valence-corrected chi connectivity index (χ0v) is 3.90. The molecule has 0 saturated carbocycles. The Hall–Kier alpha value is -1.12. The van der Waals surface area contributed by atoms with Crippen LogP contribution in [0.15, 0.2) is 12.1 Å². The van der Waals surface area contributed by atoms with Crippen LogP contribution in [0, 0.1) is 12.0 Å². The second-order valence-corrected chi connectivity index (χ2v) is 1.16. The molecule has 0 aliphatic rings. The van der Waals surface area contributed by atoms with Crippen molar-refractivity contribution < 1.29 is 7.13 Å². The largest absolute Gasteiger partial charge is 0.384 e. The molecule has 0 amide bonds. The third kappa shape index (κ3) is 0.932. The Labute approximate surface area is 49.0 Å². The van der Waals surface area contributed by atoms with Gasteiger partial charge < -0.3 is 5.73 Å². The smallest absolute Gasteiger partial charge is 0.222 e. The zero-order chi connectivity index (χ0) is 7.72. The molecule has 0 aliphatic carbocycles. The van der Waals surface area contributed by atoms with Gasteiger partial charge in [-0.3, -0.25) is 0 Å². The van der Waals surface area contributed by atoms with Crippen molar-refractivity contribution in [2.24, 2.45) is 0 Å². The minimum absolute atomic E-state index is 0.277. The fourth-order valence-electron chi connectivity index (χ4n) is 0.309. The van der Waals surface area contributed by atoms with Gasteiger partial charge in [0.25, 0.3) is 0 Å². The van der Waals surface area contributed by atoms with Crippen molar-refractivity contribution in [3.8, 4) is 0 Å². The van der Waals surface area contributed by atoms with Crippen molar-refractivity contribution in [2.75, 3.05) is 5.73 Å². The molecule has 0 atom stereocenters. The summed E-state index contributed by atoms with van der Waals surface area (Å²) in [5, 5.41) is 0. The van der Waals surface area contributed by atoms with Crippen LogP contribution < -0.4 is 5.73 Å². The van der Waals surface area contributed by atoms with Crippen molar-refractivity contribution in [2.45, 2.75) is 0 Å². The van der Waals surface area contributed by atoms with Gasteiger partial charge >= 0.3 is 0 Å². The predicted octanol–water partition coefficient (Wildman–Crippen LogP) is 0.603. The molecule has 1 heterocycles. The normalized spacial score (nSPS) is 12.6. The highest BCUT2D eigenvalue weighted by molar-refractivity contribution is 5.25. The Morgan fingerprint density at radius 2 is 2.75 bits per heavy atom. The van der Waals surface area contributed by atoms with Crippen LogP contribution in [0.2, 0.25) is 0 Å². The van der Waals surface area contributed by atoms with E-state index in [0.29, 0.717) is 0 Å². The molecule has 0 fully saturated rings. The summed E-state index contributed by atoms with van der Waals surface area (Å²) < 4.78 is 26.0. The van der Waals surface area contributed by atoms with Crippen LogP contribution in [-0.4, -0.2) is 4.98 Å². The maximum absolute atomic E-state index is 12.2. The second-order valence-electron chi connectivity index (χ2n) is 1.16. The summed E-state index contributed by atoms with van der Waals surface area (Å²) >= 11 is 0. The summed E-state index contributed by atoms with van der Waals surface area (Å²) in [7, 11) is 0. The van der Waals surface area contributed by atoms with Gasteiger partial charge in [0.15, 0.2) is 0 Å². The van der Waals surface area contributed by atoms with E-state index >= 15 is 0 Å². The van der Waals surface area contributed by atoms with E-state index in [-0.39, 0.29) is 17.9 Å². The SMILES string of the molecule is [2H]c1[c]c(F)nc(N)c1[2H]. The van der Waals surface area contributed by atoms with Gasteiger partial charge in [0, 0.05) is 6.07 Å². The van der Waals surface area contributed by atoms with Crippen LogP contribution in [0.25, 0.3) is 0 Å². The average molecular weight is 113 g/mol. The van der Waals surface area contributed by atoms with Gasteiger partial charge in [-0.15, -0.1) is 0 Å². The van der Waals surface area contributed by atoms with Crippen molar-refractivity contribution >= 4 is 5.82 Å². The first-order chi connectivity index (χ1) is 4.61. The van der Waals surface area contributed by atoms with E-state index < -0.39 is 5.95 Å². The molecule has 0 aromatic carbocycles. The molecule has 0 unspecified atom stereocenters. The lowest BCUT2D eigenvalue weighted by molar-refractivity contribution is 0.583. The van der Waals surface area contributed by atoms with Gasteiger partial charge in [-0.25, -0.2) is 4.98 Å². The number of hydrogen-bond donors (Lipinski definition) is 1. The number of pyridine rings is 1. The first kappa shape index (κ1) is 3.02. The van der Waals surface area contributed by atoms with E-state index in [1.165, 1.54) is 0 Å². The quantitative estimate of drug-likeness (QED) is 0.500. The van der Waals surface area contributed by atoms with E-state index in [2.05, 4.69) is 4.98 Å². The minimum atomic E-state index is -0.946. The van der Waals surface area contributed by atoms with Gasteiger partial charge in [-0.2, -0.15) is 4.39 Å². The summed E-state index contributed by atoms with van der Waals surface area (Å²) in [6.45, 7) is 0. The van der Waals surface area contributed by atoms with E-state index in [1.54, 1.807) is 0 Å². The van der Waals surface area contributed by atoms with Gasteiger partial charge in [-0.05, 0) is 12.1 Å². The molecule has 0 spiro atoms. The van der Waals surface area contributed by atoms with Crippen LogP contribution in [-0.2, 0) is 0 Å². The highest BCUT2D eigenvalue weighted by atomic mass is 19.1. The molecule has 2 nitrogen and oxygen atoms in total. The van der Waals surface area contributed by atoms with E-state index in [4.69, 9.17) is 8.48 Å². The molecule has 0 bridgehead atoms. The zero-order valence-electron chi connectivity index (χ0n) is 5.90. The van der Waals surface area contributed by atoms with Crippen LogP contribution in [0.3, 0.4) is 0 Å². The van der Waals surface area contributed by atoms with E-state index in [0.717, 1.165) is 0 Å². The van der Waals surface area contributed by atoms with Crippen molar-refractivity contribution in [1.82, 2.24) is 4.98 Å². The fourth-order valence-corrected chi connectivity index (χ4v) is 0.309. The minimum Gasteiger partial charge on any atom is -0.384 e. The van der Waals surface area contributed by atoms with Gasteiger partial charge in [0.1, 0.15) is 5.82 Å². The van der Waals surface area contributed by atoms with Crippen LogP contribution >= 0.6 is 0 Å². The molecule has 0 aliphatic heterocycles. The lowest BCUT2D eigenvalue weighted by Crippen LogP contribution is -1.90. The second kappa shape index (κ2) is 1.78. The van der Waals surface area contributed by atoms with Crippen molar-refractivity contribution in [3.05, 3.63) is 24.1 Å². The predicted molar refractivity (Wildman–Crippen MR) is 27.4 cm³/mol. The number of anilines is 1. The highest BCUT2D eigenvalue weighted by Gasteiger charge is 1.87.